The number of nitrogens with one attached hydrogen (secondary N) is 2. The molecule has 0 aliphatic carbocycles. The quantitative estimate of drug-likeness (QED) is 0.544. The predicted octanol–water partition coefficient (Wildman–Crippen LogP) is 2.52. The van der Waals surface area contributed by atoms with Crippen molar-refractivity contribution in [2.45, 2.75) is 32.4 Å². The van der Waals surface area contributed by atoms with Gasteiger partial charge in [0.2, 0.25) is 0 Å². The standard InChI is InChI=1S/C14H20FN3/c1-2-3-6-17-14(16)7-10-9-18-13-5-4-11(15)8-12(10)13/h4-5,8-9,14,17-18H,2-3,6-7,16H2,1H3/t14-/m0/s1. The van der Waals surface area contributed by atoms with Gasteiger partial charge in [0.05, 0.1) is 6.17 Å². The average Bonchev–Trinajstić information content (AvgIpc) is 2.72. The topological polar surface area (TPSA) is 53.8 Å². The number of aromatic nitrogens is 1. The molecule has 1 aromatic carbocycles. The zero-order valence-corrected chi connectivity index (χ0v) is 10.7. The molecular formula is C14H20FN3. The molecule has 0 bridgehead atoms. The molecule has 3 nitrogen and oxygen atoms in total. The first-order valence-corrected chi connectivity index (χ1v) is 6.45. The van der Waals surface area contributed by atoms with Crippen molar-refractivity contribution < 1.29 is 4.39 Å². The number of fused-ring (bicyclic) bond motifs is 1. The lowest BCUT2D eigenvalue weighted by molar-refractivity contribution is 0.514. The number of hydrogen-bond acceptors (Lipinski definition) is 2. The highest BCUT2D eigenvalue weighted by atomic mass is 19.1. The van der Waals surface area contributed by atoms with Crippen molar-refractivity contribution in [3.8, 4) is 0 Å². The maximum absolute atomic E-state index is 13.2. The summed E-state index contributed by atoms with van der Waals surface area (Å²) in [5, 5.41) is 4.19. The number of aromatic amines is 1. The monoisotopic (exact) mass is 249 g/mol. The van der Waals surface area contributed by atoms with E-state index in [-0.39, 0.29) is 12.0 Å². The maximum Gasteiger partial charge on any atom is 0.123 e. The van der Waals surface area contributed by atoms with Crippen molar-refractivity contribution in [3.05, 3.63) is 35.8 Å². The summed E-state index contributed by atoms with van der Waals surface area (Å²) in [4.78, 5) is 3.14. The van der Waals surface area contributed by atoms with Gasteiger partial charge in [-0.05, 0) is 36.7 Å². The van der Waals surface area contributed by atoms with E-state index in [1.807, 2.05) is 6.20 Å². The SMILES string of the molecule is CCCCN[C@H](N)Cc1c[nH]c2ccc(F)cc12. The van der Waals surface area contributed by atoms with Crippen LogP contribution in [0.1, 0.15) is 25.3 Å². The fraction of sp³-hybridized carbons (Fsp3) is 0.429. The van der Waals surface area contributed by atoms with Gasteiger partial charge in [-0.25, -0.2) is 4.39 Å². The smallest absolute Gasteiger partial charge is 0.123 e. The van der Waals surface area contributed by atoms with Gasteiger partial charge in [0.15, 0.2) is 0 Å². The molecule has 18 heavy (non-hydrogen) atoms. The van der Waals surface area contributed by atoms with Crippen LogP contribution in [-0.2, 0) is 6.42 Å². The molecule has 1 atom stereocenters. The summed E-state index contributed by atoms with van der Waals surface area (Å²) in [5.41, 5.74) is 8.02. The summed E-state index contributed by atoms with van der Waals surface area (Å²) < 4.78 is 13.2. The molecule has 0 amide bonds. The zero-order valence-electron chi connectivity index (χ0n) is 10.7. The second kappa shape index (κ2) is 5.98. The molecule has 0 aliphatic heterocycles. The molecule has 0 saturated heterocycles. The first kappa shape index (κ1) is 13.1. The molecule has 0 unspecified atom stereocenters. The highest BCUT2D eigenvalue weighted by Crippen LogP contribution is 2.20. The normalized spacial score (nSPS) is 13.1. The Labute approximate surface area is 107 Å². The second-order valence-electron chi connectivity index (χ2n) is 4.62. The Morgan fingerprint density at radius 3 is 3.06 bits per heavy atom. The minimum atomic E-state index is -0.212. The Bertz CT molecular complexity index is 507. The number of hydrogen-bond donors (Lipinski definition) is 3. The van der Waals surface area contributed by atoms with Crippen LogP contribution >= 0.6 is 0 Å². The van der Waals surface area contributed by atoms with E-state index in [9.17, 15) is 4.39 Å². The molecule has 0 saturated carbocycles. The van der Waals surface area contributed by atoms with Gasteiger partial charge in [-0.15, -0.1) is 0 Å². The molecule has 2 rings (SSSR count). The van der Waals surface area contributed by atoms with Gasteiger partial charge in [-0.3, -0.25) is 0 Å². The van der Waals surface area contributed by atoms with Crippen LogP contribution in [0.5, 0.6) is 0 Å². The van der Waals surface area contributed by atoms with Crippen LogP contribution in [0.25, 0.3) is 10.9 Å². The summed E-state index contributed by atoms with van der Waals surface area (Å²) in [5.74, 6) is -0.212. The van der Waals surface area contributed by atoms with Crippen LogP contribution in [0.15, 0.2) is 24.4 Å². The minimum absolute atomic E-state index is 0.0844. The number of nitrogens with two attached hydrogens (primary N) is 1. The van der Waals surface area contributed by atoms with E-state index in [1.165, 1.54) is 6.07 Å². The Kier molecular flexibility index (Phi) is 4.33. The molecule has 4 N–H and O–H groups in total. The van der Waals surface area contributed by atoms with Gasteiger partial charge in [0, 0.05) is 23.5 Å². The average molecular weight is 249 g/mol. The lowest BCUT2D eigenvalue weighted by atomic mass is 10.1. The van der Waals surface area contributed by atoms with Gasteiger partial charge in [0.1, 0.15) is 5.82 Å². The fourth-order valence-electron chi connectivity index (χ4n) is 2.09. The van der Waals surface area contributed by atoms with Crippen LogP contribution in [-0.4, -0.2) is 17.7 Å². The molecule has 0 radical (unpaired) electrons. The largest absolute Gasteiger partial charge is 0.361 e. The van der Waals surface area contributed by atoms with Crippen molar-refractivity contribution in [1.29, 1.82) is 0 Å². The number of unbranched alkanes of at least 4 members (excludes halogenated alkanes) is 1. The van der Waals surface area contributed by atoms with Crippen LogP contribution in [0.2, 0.25) is 0 Å². The third-order valence-electron chi connectivity index (χ3n) is 3.11. The van der Waals surface area contributed by atoms with Crippen molar-refractivity contribution in [3.63, 3.8) is 0 Å². The molecule has 98 valence electrons. The Morgan fingerprint density at radius 2 is 2.28 bits per heavy atom. The Morgan fingerprint density at radius 1 is 1.44 bits per heavy atom. The first-order valence-electron chi connectivity index (χ1n) is 6.45. The van der Waals surface area contributed by atoms with E-state index < -0.39 is 0 Å². The van der Waals surface area contributed by atoms with Gasteiger partial charge < -0.3 is 16.0 Å². The van der Waals surface area contributed by atoms with Crippen molar-refractivity contribution >= 4 is 10.9 Å². The van der Waals surface area contributed by atoms with E-state index in [4.69, 9.17) is 5.73 Å². The third-order valence-corrected chi connectivity index (χ3v) is 3.11. The second-order valence-corrected chi connectivity index (χ2v) is 4.62. The molecule has 1 heterocycles. The summed E-state index contributed by atoms with van der Waals surface area (Å²) in [7, 11) is 0. The van der Waals surface area contributed by atoms with E-state index in [1.54, 1.807) is 12.1 Å². The summed E-state index contributed by atoms with van der Waals surface area (Å²) >= 11 is 0. The number of rotatable bonds is 6. The van der Waals surface area contributed by atoms with Gasteiger partial charge in [0.25, 0.3) is 0 Å². The Hall–Kier alpha value is -1.39. The molecule has 4 heteroatoms. The van der Waals surface area contributed by atoms with E-state index in [2.05, 4.69) is 17.2 Å². The fourth-order valence-corrected chi connectivity index (χ4v) is 2.09. The zero-order chi connectivity index (χ0) is 13.0. The Balaban J connectivity index is 2.04. The molecule has 1 aromatic heterocycles. The molecule has 0 fully saturated rings. The lowest BCUT2D eigenvalue weighted by Gasteiger charge is -2.12. The number of halogens is 1. The summed E-state index contributed by atoms with van der Waals surface area (Å²) in [6.07, 6.45) is 4.80. The van der Waals surface area contributed by atoms with Crippen LogP contribution in [0.3, 0.4) is 0 Å². The minimum Gasteiger partial charge on any atom is -0.361 e. The number of H-pyrrole nitrogens is 1. The van der Waals surface area contributed by atoms with E-state index in [0.717, 1.165) is 35.9 Å². The molecule has 0 spiro atoms. The highest BCUT2D eigenvalue weighted by molar-refractivity contribution is 5.83. The van der Waals surface area contributed by atoms with Gasteiger partial charge >= 0.3 is 0 Å². The lowest BCUT2D eigenvalue weighted by Crippen LogP contribution is -2.39. The molecule has 2 aromatic rings. The first-order chi connectivity index (χ1) is 8.70. The maximum atomic E-state index is 13.2. The van der Waals surface area contributed by atoms with Crippen LogP contribution < -0.4 is 11.1 Å². The third kappa shape index (κ3) is 3.09. The van der Waals surface area contributed by atoms with E-state index >= 15 is 0 Å². The van der Waals surface area contributed by atoms with Crippen LogP contribution in [0.4, 0.5) is 4.39 Å². The molecule has 0 aliphatic rings. The molecular weight excluding hydrogens is 229 g/mol. The van der Waals surface area contributed by atoms with Crippen molar-refractivity contribution in [2.75, 3.05) is 6.54 Å². The summed E-state index contributed by atoms with van der Waals surface area (Å²) in [6, 6.07) is 4.77. The van der Waals surface area contributed by atoms with Gasteiger partial charge in [-0.2, -0.15) is 0 Å². The van der Waals surface area contributed by atoms with E-state index in [0.29, 0.717) is 6.42 Å². The highest BCUT2D eigenvalue weighted by Gasteiger charge is 2.08. The van der Waals surface area contributed by atoms with Crippen LogP contribution in [0, 0.1) is 5.82 Å². The number of benzene rings is 1. The van der Waals surface area contributed by atoms with Crippen molar-refractivity contribution in [1.82, 2.24) is 10.3 Å². The predicted molar refractivity (Wildman–Crippen MR) is 72.8 cm³/mol. The van der Waals surface area contributed by atoms with Crippen molar-refractivity contribution in [2.24, 2.45) is 5.73 Å². The summed E-state index contributed by atoms with van der Waals surface area (Å²) in [6.45, 7) is 3.07. The van der Waals surface area contributed by atoms with Gasteiger partial charge in [-0.1, -0.05) is 13.3 Å².